The van der Waals surface area contributed by atoms with Crippen LogP contribution in [0.25, 0.3) is 15.8 Å². The van der Waals surface area contributed by atoms with E-state index in [0.717, 1.165) is 6.42 Å². The number of hydrogen-bond donors (Lipinski definition) is 0. The predicted molar refractivity (Wildman–Crippen MR) is 71.7 cm³/mol. The molecule has 0 nitrogen and oxygen atoms in total. The lowest BCUT2D eigenvalue weighted by Gasteiger charge is -1.88. The largest absolute Gasteiger partial charge is 0.139 e. The molecule has 2 aromatic heterocycles. The van der Waals surface area contributed by atoms with Crippen LogP contribution >= 0.6 is 22.7 Å². The highest BCUT2D eigenvalue weighted by Gasteiger charge is 2.04. The van der Waals surface area contributed by atoms with Crippen molar-refractivity contribution in [1.82, 2.24) is 0 Å². The van der Waals surface area contributed by atoms with Crippen LogP contribution in [0, 0.1) is 0 Å². The van der Waals surface area contributed by atoms with Gasteiger partial charge in [-0.15, -0.1) is 22.7 Å². The first-order chi connectivity index (χ1) is 7.33. The highest BCUT2D eigenvalue weighted by molar-refractivity contribution is 7.22. The smallest absolute Gasteiger partial charge is 0.0449 e. The summed E-state index contributed by atoms with van der Waals surface area (Å²) in [6, 6.07) is 8.86. The van der Waals surface area contributed by atoms with E-state index in [4.69, 9.17) is 0 Å². The minimum Gasteiger partial charge on any atom is -0.139 e. The fourth-order valence-electron chi connectivity index (χ4n) is 1.44. The molecule has 0 spiro atoms. The SMILES string of the molecule is C/C=C/c1ccc(-c2ccc(CC)s2)s1. The maximum atomic E-state index is 2.23. The van der Waals surface area contributed by atoms with Gasteiger partial charge in [-0.3, -0.25) is 0 Å². The second kappa shape index (κ2) is 4.77. The highest BCUT2D eigenvalue weighted by Crippen LogP contribution is 2.34. The van der Waals surface area contributed by atoms with E-state index in [1.165, 1.54) is 19.5 Å². The maximum absolute atomic E-state index is 2.23. The summed E-state index contributed by atoms with van der Waals surface area (Å²) in [5, 5.41) is 0. The molecule has 0 saturated carbocycles. The summed E-state index contributed by atoms with van der Waals surface area (Å²) in [6.07, 6.45) is 5.38. The van der Waals surface area contributed by atoms with E-state index in [0.29, 0.717) is 0 Å². The predicted octanol–water partition coefficient (Wildman–Crippen LogP) is 5.07. The van der Waals surface area contributed by atoms with E-state index in [-0.39, 0.29) is 0 Å². The third kappa shape index (κ3) is 2.39. The molecular weight excluding hydrogens is 220 g/mol. The molecule has 2 heterocycles. The summed E-state index contributed by atoms with van der Waals surface area (Å²) in [5.74, 6) is 0. The molecular formula is C13H14S2. The van der Waals surface area contributed by atoms with Crippen LogP contribution in [0.5, 0.6) is 0 Å². The molecule has 0 fully saturated rings. The van der Waals surface area contributed by atoms with Gasteiger partial charge >= 0.3 is 0 Å². The van der Waals surface area contributed by atoms with Crippen molar-refractivity contribution >= 4 is 28.7 Å². The van der Waals surface area contributed by atoms with Crippen molar-refractivity contribution in [3.05, 3.63) is 40.1 Å². The second-order valence-electron chi connectivity index (χ2n) is 3.32. The Morgan fingerprint density at radius 3 is 2.47 bits per heavy atom. The van der Waals surface area contributed by atoms with Gasteiger partial charge < -0.3 is 0 Å². The molecule has 2 aromatic rings. The first-order valence-electron chi connectivity index (χ1n) is 5.15. The zero-order valence-electron chi connectivity index (χ0n) is 8.99. The average Bonchev–Trinajstić information content (AvgIpc) is 2.85. The Bertz CT molecular complexity index is 460. The molecule has 2 heteroatoms. The van der Waals surface area contributed by atoms with E-state index < -0.39 is 0 Å². The Balaban J connectivity index is 2.28. The van der Waals surface area contributed by atoms with Crippen molar-refractivity contribution in [2.45, 2.75) is 20.3 Å². The zero-order valence-corrected chi connectivity index (χ0v) is 10.6. The minimum atomic E-state index is 1.14. The topological polar surface area (TPSA) is 0 Å². The third-order valence-electron chi connectivity index (χ3n) is 2.21. The lowest BCUT2D eigenvalue weighted by atomic mass is 10.3. The fraction of sp³-hybridized carbons (Fsp3) is 0.231. The second-order valence-corrected chi connectivity index (χ2v) is 5.61. The van der Waals surface area contributed by atoms with Gasteiger partial charge in [0, 0.05) is 19.5 Å². The van der Waals surface area contributed by atoms with Crippen LogP contribution in [-0.4, -0.2) is 0 Å². The molecule has 2 rings (SSSR count). The van der Waals surface area contributed by atoms with Crippen LogP contribution in [0.15, 0.2) is 30.3 Å². The monoisotopic (exact) mass is 234 g/mol. The summed E-state index contributed by atoms with van der Waals surface area (Å²) in [5.41, 5.74) is 0. The summed E-state index contributed by atoms with van der Waals surface area (Å²) < 4.78 is 0. The molecule has 15 heavy (non-hydrogen) atoms. The number of allylic oxidation sites excluding steroid dienone is 1. The van der Waals surface area contributed by atoms with Crippen molar-refractivity contribution in [3.8, 4) is 9.75 Å². The summed E-state index contributed by atoms with van der Waals surface area (Å²) in [6.45, 7) is 4.26. The van der Waals surface area contributed by atoms with Gasteiger partial charge in [-0.05, 0) is 43.7 Å². The summed E-state index contributed by atoms with van der Waals surface area (Å²) in [4.78, 5) is 5.57. The van der Waals surface area contributed by atoms with E-state index in [1.807, 2.05) is 22.7 Å². The Labute approximate surface area is 98.9 Å². The third-order valence-corrected chi connectivity index (χ3v) is 4.69. The molecule has 0 atom stereocenters. The average molecular weight is 234 g/mol. The van der Waals surface area contributed by atoms with E-state index in [2.05, 4.69) is 50.3 Å². The molecule has 0 amide bonds. The standard InChI is InChI=1S/C13H14S2/c1-3-5-11-7-9-13(15-11)12-8-6-10(4-2)14-12/h3,5-9H,4H2,1-2H3/b5-3+. The van der Waals surface area contributed by atoms with Crippen LogP contribution in [0.1, 0.15) is 23.6 Å². The van der Waals surface area contributed by atoms with Gasteiger partial charge in [0.25, 0.3) is 0 Å². The highest BCUT2D eigenvalue weighted by atomic mass is 32.1. The van der Waals surface area contributed by atoms with Gasteiger partial charge in [-0.2, -0.15) is 0 Å². The van der Waals surface area contributed by atoms with Crippen LogP contribution in [0.3, 0.4) is 0 Å². The molecule has 78 valence electrons. The van der Waals surface area contributed by atoms with Crippen LogP contribution < -0.4 is 0 Å². The lowest BCUT2D eigenvalue weighted by Crippen LogP contribution is -1.63. The van der Waals surface area contributed by atoms with E-state index in [9.17, 15) is 0 Å². The Morgan fingerprint density at radius 2 is 1.80 bits per heavy atom. The molecule has 0 aliphatic carbocycles. The fourth-order valence-corrected chi connectivity index (χ4v) is 3.46. The van der Waals surface area contributed by atoms with Gasteiger partial charge in [-0.1, -0.05) is 13.0 Å². The summed E-state index contributed by atoms with van der Waals surface area (Å²) >= 11 is 3.76. The molecule has 0 saturated heterocycles. The Kier molecular flexibility index (Phi) is 3.39. The van der Waals surface area contributed by atoms with Crippen LogP contribution in [0.2, 0.25) is 0 Å². The molecule has 0 aromatic carbocycles. The zero-order chi connectivity index (χ0) is 10.7. The van der Waals surface area contributed by atoms with Gasteiger partial charge in [0.15, 0.2) is 0 Å². The van der Waals surface area contributed by atoms with Crippen LogP contribution in [-0.2, 0) is 6.42 Å². The molecule has 0 aliphatic heterocycles. The van der Waals surface area contributed by atoms with Crippen molar-refractivity contribution < 1.29 is 0 Å². The normalized spacial score (nSPS) is 11.3. The molecule has 0 bridgehead atoms. The van der Waals surface area contributed by atoms with Crippen molar-refractivity contribution in [1.29, 1.82) is 0 Å². The van der Waals surface area contributed by atoms with E-state index in [1.54, 1.807) is 0 Å². The Hall–Kier alpha value is -0.860. The number of thiophene rings is 2. The first kappa shape index (κ1) is 10.7. The van der Waals surface area contributed by atoms with Gasteiger partial charge in [0.05, 0.1) is 0 Å². The molecule has 0 aliphatic rings. The van der Waals surface area contributed by atoms with Gasteiger partial charge in [0.1, 0.15) is 0 Å². The summed E-state index contributed by atoms with van der Waals surface area (Å²) in [7, 11) is 0. The number of rotatable bonds is 3. The van der Waals surface area contributed by atoms with E-state index >= 15 is 0 Å². The van der Waals surface area contributed by atoms with Gasteiger partial charge in [0.2, 0.25) is 0 Å². The number of aryl methyl sites for hydroxylation is 1. The minimum absolute atomic E-state index is 1.14. The first-order valence-corrected chi connectivity index (χ1v) is 6.78. The Morgan fingerprint density at radius 1 is 1.07 bits per heavy atom. The quantitative estimate of drug-likeness (QED) is 0.695. The number of hydrogen-bond acceptors (Lipinski definition) is 2. The lowest BCUT2D eigenvalue weighted by molar-refractivity contribution is 1.19. The molecule has 0 unspecified atom stereocenters. The molecule has 0 radical (unpaired) electrons. The van der Waals surface area contributed by atoms with Gasteiger partial charge in [-0.25, -0.2) is 0 Å². The maximum Gasteiger partial charge on any atom is 0.0449 e. The van der Waals surface area contributed by atoms with Crippen molar-refractivity contribution in [3.63, 3.8) is 0 Å². The van der Waals surface area contributed by atoms with Crippen molar-refractivity contribution in [2.24, 2.45) is 0 Å². The van der Waals surface area contributed by atoms with Crippen LogP contribution in [0.4, 0.5) is 0 Å². The molecule has 0 N–H and O–H groups in total. The van der Waals surface area contributed by atoms with Crippen molar-refractivity contribution in [2.75, 3.05) is 0 Å².